The van der Waals surface area contributed by atoms with E-state index in [0.717, 1.165) is 33.0 Å². The van der Waals surface area contributed by atoms with Crippen molar-refractivity contribution in [2.45, 2.75) is 0 Å². The summed E-state index contributed by atoms with van der Waals surface area (Å²) in [5, 5.41) is 2.01. The molecule has 98 valence electrons. The topological polar surface area (TPSA) is 39.2 Å². The van der Waals surface area contributed by atoms with Crippen molar-refractivity contribution in [3.05, 3.63) is 77.4 Å². The molecule has 0 saturated carbocycles. The van der Waals surface area contributed by atoms with Crippen LogP contribution in [0.25, 0.3) is 23.1 Å². The van der Waals surface area contributed by atoms with E-state index in [1.165, 1.54) is 0 Å². The van der Waals surface area contributed by atoms with Gasteiger partial charge in [-0.05, 0) is 29.3 Å². The molecule has 0 spiro atoms. The van der Waals surface area contributed by atoms with E-state index in [4.69, 9.17) is 10.2 Å². The molecule has 0 saturated heterocycles. The molecule has 0 radical (unpaired) electrons. The van der Waals surface area contributed by atoms with Gasteiger partial charge in [-0.3, -0.25) is 0 Å². The van der Waals surface area contributed by atoms with E-state index in [-0.39, 0.29) is 0 Å². The quantitative estimate of drug-likeness (QED) is 0.720. The lowest BCUT2D eigenvalue weighted by molar-refractivity contribution is 0.577. The fourth-order valence-corrected chi connectivity index (χ4v) is 2.46. The maximum atomic E-state index is 5.87. The molecular weight excluding hydrogens is 246 g/mol. The Kier molecular flexibility index (Phi) is 2.92. The maximum absolute atomic E-state index is 5.87. The molecule has 3 aromatic rings. The predicted molar refractivity (Wildman–Crippen MR) is 84.5 cm³/mol. The van der Waals surface area contributed by atoms with Gasteiger partial charge in [0.25, 0.3) is 0 Å². The van der Waals surface area contributed by atoms with Crippen LogP contribution in [0, 0.1) is 0 Å². The second-order valence-corrected chi connectivity index (χ2v) is 4.64. The zero-order chi connectivity index (χ0) is 14.1. The summed E-state index contributed by atoms with van der Waals surface area (Å²) in [7, 11) is 0. The van der Waals surface area contributed by atoms with Gasteiger partial charge in [-0.25, -0.2) is 0 Å². The summed E-state index contributed by atoms with van der Waals surface area (Å²) in [4.78, 5) is 0. The lowest BCUT2D eigenvalue weighted by Crippen LogP contribution is -2.21. The van der Waals surface area contributed by atoms with Gasteiger partial charge >= 0.3 is 0 Å². The predicted octanol–water partition coefficient (Wildman–Crippen LogP) is 2.81. The summed E-state index contributed by atoms with van der Waals surface area (Å²) in [6, 6.07) is 15.6. The maximum Gasteiger partial charge on any atom is 0.135 e. The van der Waals surface area contributed by atoms with Crippen molar-refractivity contribution in [1.82, 2.24) is 0 Å². The summed E-state index contributed by atoms with van der Waals surface area (Å²) in [6.07, 6.45) is 1.82. The van der Waals surface area contributed by atoms with Crippen molar-refractivity contribution in [1.29, 1.82) is 0 Å². The number of anilines is 1. The molecule has 0 unspecified atom stereocenters. The van der Waals surface area contributed by atoms with Crippen LogP contribution in [0.2, 0.25) is 0 Å². The van der Waals surface area contributed by atoms with Gasteiger partial charge in [0, 0.05) is 16.3 Å². The molecule has 2 N–H and O–H groups in total. The number of nitrogen functional groups attached to an aromatic ring is 1. The summed E-state index contributed by atoms with van der Waals surface area (Å²) in [6.45, 7) is 7.93. The molecule has 2 nitrogen and oxygen atoms in total. The molecule has 0 aliphatic rings. The minimum atomic E-state index is 0.642. The molecule has 0 aliphatic heterocycles. The highest BCUT2D eigenvalue weighted by atomic mass is 16.3. The first-order valence-corrected chi connectivity index (χ1v) is 6.40. The van der Waals surface area contributed by atoms with E-state index in [9.17, 15) is 0 Å². The van der Waals surface area contributed by atoms with Gasteiger partial charge in [-0.2, -0.15) is 0 Å². The van der Waals surface area contributed by atoms with E-state index in [1.807, 2.05) is 54.6 Å². The van der Waals surface area contributed by atoms with Crippen LogP contribution in [-0.2, 0) is 0 Å². The number of furan rings is 1. The third kappa shape index (κ3) is 1.91. The average molecular weight is 261 g/mol. The number of para-hydroxylation sites is 1. The molecule has 0 atom stereocenters. The highest BCUT2D eigenvalue weighted by Gasteiger charge is 2.07. The van der Waals surface area contributed by atoms with Crippen LogP contribution in [0.4, 0.5) is 5.69 Å². The van der Waals surface area contributed by atoms with Crippen LogP contribution in [0.3, 0.4) is 0 Å². The van der Waals surface area contributed by atoms with Crippen molar-refractivity contribution in [3.63, 3.8) is 0 Å². The Hall–Kier alpha value is -2.74. The molecule has 2 heteroatoms. The van der Waals surface area contributed by atoms with E-state index < -0.39 is 0 Å². The molecule has 2 aromatic carbocycles. The smallest absolute Gasteiger partial charge is 0.135 e. The SMILES string of the molecule is C=C/C(c1cccc(N)c1)=c1\c(=C)oc2ccccc12. The molecular formula is C18H15NO. The Balaban J connectivity index is 2.48. The third-order valence-electron chi connectivity index (χ3n) is 3.34. The minimum absolute atomic E-state index is 0.642. The lowest BCUT2D eigenvalue weighted by Gasteiger charge is -2.03. The molecule has 0 bridgehead atoms. The van der Waals surface area contributed by atoms with Crippen LogP contribution in [0.15, 0.2) is 65.6 Å². The van der Waals surface area contributed by atoms with Crippen LogP contribution >= 0.6 is 0 Å². The van der Waals surface area contributed by atoms with Crippen molar-refractivity contribution in [2.24, 2.45) is 0 Å². The van der Waals surface area contributed by atoms with E-state index in [2.05, 4.69) is 13.2 Å². The summed E-state index contributed by atoms with van der Waals surface area (Å²) in [5.74, 6) is 0. The second kappa shape index (κ2) is 4.74. The van der Waals surface area contributed by atoms with E-state index >= 15 is 0 Å². The zero-order valence-corrected chi connectivity index (χ0v) is 11.1. The van der Waals surface area contributed by atoms with Gasteiger partial charge in [0.15, 0.2) is 0 Å². The Labute approximate surface area is 117 Å². The standard InChI is InChI=1S/C18H15NO/c1-3-15(13-7-6-8-14(19)11-13)18-12(2)20-17-10-5-4-9-16(17)18/h3-11H,1-2,19H2/b18-15-. The van der Waals surface area contributed by atoms with E-state index in [0.29, 0.717) is 5.42 Å². The summed E-state index contributed by atoms with van der Waals surface area (Å²) in [5.41, 5.74) is 10.1. The van der Waals surface area contributed by atoms with Gasteiger partial charge in [-0.15, -0.1) is 0 Å². The first kappa shape index (κ1) is 12.3. The number of rotatable bonds is 2. The monoisotopic (exact) mass is 261 g/mol. The van der Waals surface area contributed by atoms with E-state index in [1.54, 1.807) is 0 Å². The molecule has 0 aliphatic carbocycles. The fraction of sp³-hybridized carbons (Fsp3) is 0. The zero-order valence-electron chi connectivity index (χ0n) is 11.1. The number of hydrogen-bond donors (Lipinski definition) is 1. The number of allylic oxidation sites excluding steroid dienone is 1. The normalized spacial score (nSPS) is 12.4. The van der Waals surface area contributed by atoms with Crippen LogP contribution in [-0.4, -0.2) is 0 Å². The van der Waals surface area contributed by atoms with Crippen LogP contribution < -0.4 is 16.4 Å². The van der Waals surface area contributed by atoms with Gasteiger partial charge in [-0.1, -0.05) is 49.6 Å². The highest BCUT2D eigenvalue weighted by Crippen LogP contribution is 2.17. The fourth-order valence-electron chi connectivity index (χ4n) is 2.46. The number of benzene rings is 2. The van der Waals surface area contributed by atoms with Gasteiger partial charge in [0.2, 0.25) is 0 Å². The van der Waals surface area contributed by atoms with Gasteiger partial charge in [0.1, 0.15) is 11.0 Å². The minimum Gasteiger partial charge on any atom is -0.457 e. The molecule has 0 amide bonds. The van der Waals surface area contributed by atoms with Crippen LogP contribution in [0.1, 0.15) is 5.56 Å². The van der Waals surface area contributed by atoms with Crippen molar-refractivity contribution in [2.75, 3.05) is 5.73 Å². The first-order chi connectivity index (χ1) is 9.70. The Morgan fingerprint density at radius 3 is 2.65 bits per heavy atom. The molecule has 1 heterocycles. The Bertz CT molecular complexity index is 903. The number of fused-ring (bicyclic) bond motifs is 1. The van der Waals surface area contributed by atoms with Gasteiger partial charge < -0.3 is 10.2 Å². The molecule has 20 heavy (non-hydrogen) atoms. The Morgan fingerprint density at radius 1 is 1.10 bits per heavy atom. The molecule has 0 fully saturated rings. The van der Waals surface area contributed by atoms with Crippen molar-refractivity contribution >= 4 is 28.8 Å². The Morgan fingerprint density at radius 2 is 1.90 bits per heavy atom. The molecule has 3 rings (SSSR count). The lowest BCUT2D eigenvalue weighted by atomic mass is 10.0. The largest absolute Gasteiger partial charge is 0.457 e. The molecule has 1 aromatic heterocycles. The third-order valence-corrected chi connectivity index (χ3v) is 3.34. The van der Waals surface area contributed by atoms with Crippen molar-refractivity contribution < 1.29 is 4.42 Å². The first-order valence-electron chi connectivity index (χ1n) is 6.40. The number of hydrogen-bond acceptors (Lipinski definition) is 2. The van der Waals surface area contributed by atoms with Crippen LogP contribution in [0.5, 0.6) is 0 Å². The van der Waals surface area contributed by atoms with Crippen molar-refractivity contribution in [3.8, 4) is 0 Å². The summed E-state index contributed by atoms with van der Waals surface area (Å²) < 4.78 is 5.72. The highest BCUT2D eigenvalue weighted by molar-refractivity contribution is 5.86. The average Bonchev–Trinajstić information content (AvgIpc) is 2.77. The second-order valence-electron chi connectivity index (χ2n) is 4.64. The number of nitrogens with two attached hydrogens (primary N) is 1. The van der Waals surface area contributed by atoms with Gasteiger partial charge in [0.05, 0.1) is 0 Å². The summed E-state index contributed by atoms with van der Waals surface area (Å²) >= 11 is 0.